The minimum absolute atomic E-state index is 0.115. The maximum Gasteiger partial charge on any atom is 0.254 e. The Hall–Kier alpha value is -2.09. The molecule has 1 amide bonds. The first kappa shape index (κ1) is 15.3. The molecule has 0 saturated carbocycles. The van der Waals surface area contributed by atoms with Gasteiger partial charge >= 0.3 is 0 Å². The van der Waals surface area contributed by atoms with Crippen LogP contribution in [0.4, 0.5) is 0 Å². The van der Waals surface area contributed by atoms with E-state index in [1.54, 1.807) is 0 Å². The van der Waals surface area contributed by atoms with E-state index in [4.69, 9.17) is 0 Å². The third kappa shape index (κ3) is 3.94. The van der Waals surface area contributed by atoms with Gasteiger partial charge in [0.05, 0.1) is 0 Å². The number of carbonyl (C=O) groups is 1. The smallest absolute Gasteiger partial charge is 0.254 e. The largest absolute Gasteiger partial charge is 0.334 e. The number of rotatable bonds is 5. The van der Waals surface area contributed by atoms with Gasteiger partial charge in [-0.05, 0) is 49.1 Å². The Bertz CT molecular complexity index is 604. The third-order valence-corrected chi connectivity index (χ3v) is 3.75. The Kier molecular flexibility index (Phi) is 5.15. The van der Waals surface area contributed by atoms with Gasteiger partial charge in [0.25, 0.3) is 5.91 Å². The molecule has 0 fully saturated rings. The molecule has 0 N–H and O–H groups in total. The molecular weight excluding hydrogens is 258 g/mol. The molecule has 0 aromatic heterocycles. The van der Waals surface area contributed by atoms with Gasteiger partial charge in [-0.3, -0.25) is 4.79 Å². The van der Waals surface area contributed by atoms with Crippen molar-refractivity contribution in [2.75, 3.05) is 6.54 Å². The van der Waals surface area contributed by atoms with E-state index in [2.05, 4.69) is 26.0 Å². The molecule has 0 radical (unpaired) electrons. The third-order valence-electron chi connectivity index (χ3n) is 3.75. The van der Waals surface area contributed by atoms with Crippen LogP contribution in [0.5, 0.6) is 0 Å². The van der Waals surface area contributed by atoms with Crippen LogP contribution in [-0.4, -0.2) is 17.4 Å². The number of hydrogen-bond acceptors (Lipinski definition) is 1. The zero-order valence-electron chi connectivity index (χ0n) is 13.1. The summed E-state index contributed by atoms with van der Waals surface area (Å²) >= 11 is 0. The van der Waals surface area contributed by atoms with Gasteiger partial charge in [-0.2, -0.15) is 0 Å². The molecule has 2 heteroatoms. The van der Waals surface area contributed by atoms with Crippen LogP contribution >= 0.6 is 0 Å². The van der Waals surface area contributed by atoms with Crippen molar-refractivity contribution < 1.29 is 4.79 Å². The average Bonchev–Trinajstić information content (AvgIpc) is 2.50. The summed E-state index contributed by atoms with van der Waals surface area (Å²) in [4.78, 5) is 14.7. The van der Waals surface area contributed by atoms with Gasteiger partial charge in [0, 0.05) is 18.7 Å². The second-order valence-corrected chi connectivity index (χ2v) is 5.51. The summed E-state index contributed by atoms with van der Waals surface area (Å²) < 4.78 is 0. The SMILES string of the molecule is CCCN(Cc1ccccc1)C(=O)c1ccc(C)c(C)c1. The number of nitrogens with zero attached hydrogens (tertiary/aromatic N) is 1. The summed E-state index contributed by atoms with van der Waals surface area (Å²) in [6.07, 6.45) is 0.962. The molecule has 0 aliphatic rings. The number of amides is 1. The Morgan fingerprint density at radius 3 is 2.33 bits per heavy atom. The molecule has 2 rings (SSSR count). The topological polar surface area (TPSA) is 20.3 Å². The molecule has 0 atom stereocenters. The van der Waals surface area contributed by atoms with Crippen molar-refractivity contribution in [1.29, 1.82) is 0 Å². The normalized spacial score (nSPS) is 10.4. The second kappa shape index (κ2) is 7.07. The van der Waals surface area contributed by atoms with Crippen LogP contribution in [0.2, 0.25) is 0 Å². The molecule has 0 bridgehead atoms. The van der Waals surface area contributed by atoms with Crippen LogP contribution in [0.25, 0.3) is 0 Å². The van der Waals surface area contributed by atoms with Crippen LogP contribution in [0.3, 0.4) is 0 Å². The molecule has 0 heterocycles. The molecule has 0 unspecified atom stereocenters. The van der Waals surface area contributed by atoms with Gasteiger partial charge in [-0.1, -0.05) is 43.3 Å². The zero-order valence-corrected chi connectivity index (χ0v) is 13.1. The van der Waals surface area contributed by atoms with Crippen molar-refractivity contribution in [2.45, 2.75) is 33.7 Å². The maximum atomic E-state index is 12.7. The second-order valence-electron chi connectivity index (χ2n) is 5.51. The molecule has 21 heavy (non-hydrogen) atoms. The highest BCUT2D eigenvalue weighted by Crippen LogP contribution is 2.14. The van der Waals surface area contributed by atoms with Crippen molar-refractivity contribution >= 4 is 5.91 Å². The Balaban J connectivity index is 2.20. The monoisotopic (exact) mass is 281 g/mol. The summed E-state index contributed by atoms with van der Waals surface area (Å²) in [7, 11) is 0. The van der Waals surface area contributed by atoms with E-state index >= 15 is 0 Å². The van der Waals surface area contributed by atoms with Crippen LogP contribution in [0.1, 0.15) is 40.4 Å². The van der Waals surface area contributed by atoms with E-state index in [1.165, 1.54) is 11.1 Å². The number of benzene rings is 2. The van der Waals surface area contributed by atoms with Gasteiger partial charge in [0.15, 0.2) is 0 Å². The predicted molar refractivity (Wildman–Crippen MR) is 87.4 cm³/mol. The van der Waals surface area contributed by atoms with E-state index in [0.717, 1.165) is 24.1 Å². The molecule has 0 spiro atoms. The fraction of sp³-hybridized carbons (Fsp3) is 0.316. The van der Waals surface area contributed by atoms with Crippen molar-refractivity contribution in [3.05, 3.63) is 70.8 Å². The molecule has 0 aliphatic carbocycles. The van der Waals surface area contributed by atoms with Crippen LogP contribution in [0.15, 0.2) is 48.5 Å². The zero-order chi connectivity index (χ0) is 15.2. The fourth-order valence-electron chi connectivity index (χ4n) is 2.38. The first-order valence-corrected chi connectivity index (χ1v) is 7.52. The molecule has 0 aliphatic heterocycles. The minimum Gasteiger partial charge on any atom is -0.334 e. The van der Waals surface area contributed by atoms with Crippen molar-refractivity contribution in [3.63, 3.8) is 0 Å². The highest BCUT2D eigenvalue weighted by atomic mass is 16.2. The van der Waals surface area contributed by atoms with Crippen molar-refractivity contribution in [2.24, 2.45) is 0 Å². The van der Waals surface area contributed by atoms with Gasteiger partial charge in [0.1, 0.15) is 0 Å². The van der Waals surface area contributed by atoms with Crippen LogP contribution in [-0.2, 0) is 6.54 Å². The highest BCUT2D eigenvalue weighted by Gasteiger charge is 2.15. The molecular formula is C19H23NO. The predicted octanol–water partition coefficient (Wildman–Crippen LogP) is 4.36. The Morgan fingerprint density at radius 2 is 1.71 bits per heavy atom. The minimum atomic E-state index is 0.115. The van der Waals surface area contributed by atoms with E-state index in [1.807, 2.05) is 48.2 Å². The summed E-state index contributed by atoms with van der Waals surface area (Å²) in [5, 5.41) is 0. The van der Waals surface area contributed by atoms with Crippen molar-refractivity contribution in [3.8, 4) is 0 Å². The number of hydrogen-bond donors (Lipinski definition) is 0. The molecule has 0 saturated heterocycles. The number of aryl methyl sites for hydroxylation is 2. The standard InChI is InChI=1S/C19H23NO/c1-4-12-20(14-17-8-6-5-7-9-17)19(21)18-11-10-15(2)16(3)13-18/h5-11,13H,4,12,14H2,1-3H3. The molecule has 2 aromatic carbocycles. The lowest BCUT2D eigenvalue weighted by atomic mass is 10.1. The van der Waals surface area contributed by atoms with Crippen LogP contribution < -0.4 is 0 Å². The van der Waals surface area contributed by atoms with Gasteiger partial charge in [0.2, 0.25) is 0 Å². The lowest BCUT2D eigenvalue weighted by Crippen LogP contribution is -2.31. The first-order chi connectivity index (χ1) is 10.1. The summed E-state index contributed by atoms with van der Waals surface area (Å²) in [5.41, 5.74) is 4.33. The molecule has 2 aromatic rings. The Morgan fingerprint density at radius 1 is 1.00 bits per heavy atom. The van der Waals surface area contributed by atoms with E-state index < -0.39 is 0 Å². The number of carbonyl (C=O) groups excluding carboxylic acids is 1. The van der Waals surface area contributed by atoms with Gasteiger partial charge < -0.3 is 4.90 Å². The van der Waals surface area contributed by atoms with Crippen molar-refractivity contribution in [1.82, 2.24) is 4.90 Å². The lowest BCUT2D eigenvalue weighted by Gasteiger charge is -2.22. The summed E-state index contributed by atoms with van der Waals surface area (Å²) in [6.45, 7) is 7.66. The van der Waals surface area contributed by atoms with Crippen LogP contribution in [0, 0.1) is 13.8 Å². The molecule has 110 valence electrons. The quantitative estimate of drug-likeness (QED) is 0.797. The first-order valence-electron chi connectivity index (χ1n) is 7.52. The summed E-state index contributed by atoms with van der Waals surface area (Å²) in [5.74, 6) is 0.115. The maximum absolute atomic E-state index is 12.7. The Labute approximate surface area is 127 Å². The van der Waals surface area contributed by atoms with Gasteiger partial charge in [-0.25, -0.2) is 0 Å². The van der Waals surface area contributed by atoms with Gasteiger partial charge in [-0.15, -0.1) is 0 Å². The summed E-state index contributed by atoms with van der Waals surface area (Å²) in [6, 6.07) is 16.1. The highest BCUT2D eigenvalue weighted by molar-refractivity contribution is 5.94. The van der Waals surface area contributed by atoms with E-state index in [0.29, 0.717) is 6.54 Å². The average molecular weight is 281 g/mol. The molecule has 2 nitrogen and oxygen atoms in total. The van der Waals surface area contributed by atoms with E-state index in [-0.39, 0.29) is 5.91 Å². The lowest BCUT2D eigenvalue weighted by molar-refractivity contribution is 0.0743. The fourth-order valence-corrected chi connectivity index (χ4v) is 2.38. The van der Waals surface area contributed by atoms with E-state index in [9.17, 15) is 4.79 Å².